The van der Waals surface area contributed by atoms with Crippen LogP contribution in [0.1, 0.15) is 41.5 Å². The normalized spacial score (nSPS) is 11.7. The molecule has 0 aliphatic heterocycles. The van der Waals surface area contributed by atoms with E-state index in [-0.39, 0.29) is 11.9 Å². The number of hydrogen-bond acceptors (Lipinski definition) is 6. The van der Waals surface area contributed by atoms with Gasteiger partial charge in [0.05, 0.1) is 41.3 Å². The maximum absolute atomic E-state index is 13.5. The van der Waals surface area contributed by atoms with Gasteiger partial charge in [0, 0.05) is 37.4 Å². The smallest absolute Gasteiger partial charge is 0.252 e. The molecule has 5 rings (SSSR count). The molecule has 0 fully saturated rings. The lowest BCUT2D eigenvalue weighted by Gasteiger charge is -2.16. The average Bonchev–Trinajstić information content (AvgIpc) is 3.51. The molecule has 0 spiro atoms. The number of carbonyl (C=O) groups is 1. The Labute approximate surface area is 215 Å². The van der Waals surface area contributed by atoms with Gasteiger partial charge in [-0.3, -0.25) is 4.79 Å². The van der Waals surface area contributed by atoms with Crippen LogP contribution in [-0.2, 0) is 13.1 Å². The molecule has 0 aliphatic rings. The Hall–Kier alpha value is -4.08. The first-order chi connectivity index (χ1) is 17.9. The lowest BCUT2D eigenvalue weighted by Crippen LogP contribution is -2.25. The fraction of sp³-hybridized carbons (Fsp3) is 0.286. The van der Waals surface area contributed by atoms with E-state index in [0.29, 0.717) is 24.3 Å². The van der Waals surface area contributed by atoms with Gasteiger partial charge in [0.25, 0.3) is 5.91 Å². The van der Waals surface area contributed by atoms with Crippen molar-refractivity contribution in [3.05, 3.63) is 83.9 Å². The van der Waals surface area contributed by atoms with Crippen molar-refractivity contribution in [2.24, 2.45) is 5.73 Å². The zero-order chi connectivity index (χ0) is 25.9. The van der Waals surface area contributed by atoms with Crippen LogP contribution >= 0.6 is 0 Å². The van der Waals surface area contributed by atoms with E-state index in [0.717, 1.165) is 46.6 Å². The molecule has 0 atom stereocenters. The van der Waals surface area contributed by atoms with Gasteiger partial charge < -0.3 is 20.4 Å². The number of nitrogens with zero attached hydrogens (tertiary/aromatic N) is 6. The second kappa shape index (κ2) is 10.5. The number of carbonyl (C=O) groups excluding carboxylic acids is 1. The minimum atomic E-state index is -0.179. The van der Waals surface area contributed by atoms with Crippen LogP contribution in [0.25, 0.3) is 27.9 Å². The number of hydrogen-bond donors (Lipinski definition) is 2. The van der Waals surface area contributed by atoms with Crippen molar-refractivity contribution in [3.63, 3.8) is 0 Å². The maximum Gasteiger partial charge on any atom is 0.252 e. The van der Waals surface area contributed by atoms with E-state index in [2.05, 4.69) is 53.3 Å². The Morgan fingerprint density at radius 3 is 2.81 bits per heavy atom. The second-order valence-corrected chi connectivity index (χ2v) is 9.56. The highest BCUT2D eigenvalue weighted by molar-refractivity contribution is 6.06. The van der Waals surface area contributed by atoms with Crippen molar-refractivity contribution in [2.45, 2.75) is 33.0 Å². The summed E-state index contributed by atoms with van der Waals surface area (Å²) in [5.41, 5.74) is 11.5. The molecule has 0 saturated heterocycles. The number of amides is 1. The Kier molecular flexibility index (Phi) is 6.98. The number of aromatic nitrogens is 5. The van der Waals surface area contributed by atoms with E-state index in [9.17, 15) is 4.79 Å². The zero-order valence-corrected chi connectivity index (χ0v) is 21.4. The molecule has 9 heteroatoms. The molecule has 0 radical (unpaired) electrons. The first-order valence-electron chi connectivity index (χ1n) is 12.5. The quantitative estimate of drug-likeness (QED) is 0.323. The van der Waals surface area contributed by atoms with Crippen LogP contribution < -0.4 is 11.1 Å². The molecule has 37 heavy (non-hydrogen) atoms. The molecule has 190 valence electrons. The highest BCUT2D eigenvalue weighted by Gasteiger charge is 2.19. The molecular formula is C28H32N8O. The molecule has 0 aliphatic carbocycles. The molecule has 4 heterocycles. The maximum atomic E-state index is 13.5. The Balaban J connectivity index is 1.50. The number of rotatable bonds is 9. The van der Waals surface area contributed by atoms with Gasteiger partial charge in [-0.1, -0.05) is 24.3 Å². The first-order valence-corrected chi connectivity index (χ1v) is 12.5. The van der Waals surface area contributed by atoms with E-state index in [1.807, 2.05) is 51.7 Å². The van der Waals surface area contributed by atoms with Crippen LogP contribution in [0, 0.1) is 0 Å². The van der Waals surface area contributed by atoms with Crippen LogP contribution in [0.2, 0.25) is 0 Å². The summed E-state index contributed by atoms with van der Waals surface area (Å²) in [6.45, 7) is 6.67. The van der Waals surface area contributed by atoms with Crippen LogP contribution in [0.3, 0.4) is 0 Å². The topological polar surface area (TPSA) is 106 Å². The van der Waals surface area contributed by atoms with Crippen molar-refractivity contribution in [1.29, 1.82) is 0 Å². The summed E-state index contributed by atoms with van der Waals surface area (Å²) >= 11 is 0. The third-order valence-corrected chi connectivity index (χ3v) is 6.41. The number of pyridine rings is 2. The molecule has 0 unspecified atom stereocenters. The number of fused-ring (bicyclic) bond motifs is 2. The van der Waals surface area contributed by atoms with Gasteiger partial charge in [-0.05, 0) is 50.7 Å². The van der Waals surface area contributed by atoms with Crippen molar-refractivity contribution >= 4 is 22.6 Å². The van der Waals surface area contributed by atoms with Gasteiger partial charge in [0.1, 0.15) is 5.65 Å². The molecule has 9 nitrogen and oxygen atoms in total. The summed E-state index contributed by atoms with van der Waals surface area (Å²) < 4.78 is 3.83. The molecule has 1 amide bonds. The minimum absolute atomic E-state index is 0.102. The summed E-state index contributed by atoms with van der Waals surface area (Å²) in [4.78, 5) is 25.1. The number of benzene rings is 1. The van der Waals surface area contributed by atoms with E-state index in [1.165, 1.54) is 0 Å². The highest BCUT2D eigenvalue weighted by atomic mass is 16.1. The SMILES string of the molecule is CC(C)n1ncc2c(C(=O)NCc3cnc4ccccn34)cc(-c3cccc(CN(C)CCN)c3)nc21. The lowest BCUT2D eigenvalue weighted by molar-refractivity contribution is 0.0952. The fourth-order valence-electron chi connectivity index (χ4n) is 4.55. The van der Waals surface area contributed by atoms with E-state index >= 15 is 0 Å². The predicted octanol–water partition coefficient (Wildman–Crippen LogP) is 3.65. The van der Waals surface area contributed by atoms with Crippen LogP contribution in [0.4, 0.5) is 0 Å². The van der Waals surface area contributed by atoms with E-state index < -0.39 is 0 Å². The summed E-state index contributed by atoms with van der Waals surface area (Å²) in [5, 5.41) is 8.34. The molecule has 1 aromatic carbocycles. The van der Waals surface area contributed by atoms with Gasteiger partial charge >= 0.3 is 0 Å². The van der Waals surface area contributed by atoms with E-state index in [1.54, 1.807) is 12.4 Å². The van der Waals surface area contributed by atoms with Crippen LogP contribution in [-0.4, -0.2) is 55.1 Å². The average molecular weight is 497 g/mol. The third-order valence-electron chi connectivity index (χ3n) is 6.41. The largest absolute Gasteiger partial charge is 0.346 e. The molecular weight excluding hydrogens is 464 g/mol. The summed E-state index contributed by atoms with van der Waals surface area (Å²) in [6.07, 6.45) is 5.46. The molecule has 0 bridgehead atoms. The number of likely N-dealkylation sites (N-methyl/N-ethyl adjacent to an activating group) is 1. The van der Waals surface area contributed by atoms with Crippen LogP contribution in [0.5, 0.6) is 0 Å². The minimum Gasteiger partial charge on any atom is -0.346 e. The Morgan fingerprint density at radius 2 is 2.00 bits per heavy atom. The van der Waals surface area contributed by atoms with Crippen molar-refractivity contribution < 1.29 is 4.79 Å². The summed E-state index contributed by atoms with van der Waals surface area (Å²) in [7, 11) is 2.05. The number of imidazole rings is 1. The fourth-order valence-corrected chi connectivity index (χ4v) is 4.55. The molecule has 3 N–H and O–H groups in total. The zero-order valence-electron chi connectivity index (χ0n) is 21.4. The first kappa shape index (κ1) is 24.6. The monoisotopic (exact) mass is 496 g/mol. The molecule has 0 saturated carbocycles. The molecule has 5 aromatic rings. The Morgan fingerprint density at radius 1 is 1.14 bits per heavy atom. The second-order valence-electron chi connectivity index (χ2n) is 9.56. The third kappa shape index (κ3) is 5.09. The predicted molar refractivity (Wildman–Crippen MR) is 145 cm³/mol. The van der Waals surface area contributed by atoms with Gasteiger partial charge in [0.2, 0.25) is 0 Å². The summed E-state index contributed by atoms with van der Waals surface area (Å²) in [6, 6.07) is 16.1. The van der Waals surface area contributed by atoms with Crippen molar-refractivity contribution in [2.75, 3.05) is 20.1 Å². The number of nitrogens with two attached hydrogens (primary N) is 1. The van der Waals surface area contributed by atoms with Crippen molar-refractivity contribution in [1.82, 2.24) is 34.4 Å². The lowest BCUT2D eigenvalue weighted by atomic mass is 10.0. The summed E-state index contributed by atoms with van der Waals surface area (Å²) in [5.74, 6) is -0.179. The van der Waals surface area contributed by atoms with Gasteiger partial charge in [-0.2, -0.15) is 5.10 Å². The number of nitrogens with one attached hydrogen (secondary N) is 1. The molecule has 4 aromatic heterocycles. The van der Waals surface area contributed by atoms with Gasteiger partial charge in [-0.15, -0.1) is 0 Å². The standard InChI is InChI=1S/C28H32N8O/c1-19(2)36-27-24(17-32-36)23(28(37)31-16-22-15-30-26-9-4-5-11-35(22)26)14-25(33-27)21-8-6-7-20(13-21)18-34(3)12-10-29/h4-9,11,13-15,17,19H,10,12,16,18,29H2,1-3H3,(H,31,37). The van der Waals surface area contributed by atoms with Crippen LogP contribution in [0.15, 0.2) is 67.1 Å². The van der Waals surface area contributed by atoms with E-state index in [4.69, 9.17) is 10.7 Å². The Bertz CT molecular complexity index is 1550. The highest BCUT2D eigenvalue weighted by Crippen LogP contribution is 2.27. The van der Waals surface area contributed by atoms with Crippen molar-refractivity contribution in [3.8, 4) is 11.3 Å². The van der Waals surface area contributed by atoms with Gasteiger partial charge in [-0.25, -0.2) is 14.6 Å². The van der Waals surface area contributed by atoms with Gasteiger partial charge in [0.15, 0.2) is 5.65 Å².